The summed E-state index contributed by atoms with van der Waals surface area (Å²) in [5.41, 5.74) is 7.38. The standard InChI is InChI=1S/C49H29N3S2/c1-2-11-31(12-3-1)47-50-48(35-19-18-30-10-4-5-13-32(30)24-35)52-49(51-47)38-26-36(33-20-22-45-41(28-33)39-14-6-8-16-43(39)53-45)25-37(27-38)34-21-23-46-42(29-34)40-15-7-9-17-44(40)54-46/h1-29H. The molecular formula is C49H29N3S2. The van der Waals surface area contributed by atoms with Crippen molar-refractivity contribution in [2.75, 3.05) is 0 Å². The number of thiophene rings is 2. The molecule has 54 heavy (non-hydrogen) atoms. The molecule has 0 saturated carbocycles. The van der Waals surface area contributed by atoms with E-state index in [1.54, 1.807) is 0 Å². The van der Waals surface area contributed by atoms with Gasteiger partial charge in [-0.2, -0.15) is 0 Å². The van der Waals surface area contributed by atoms with Gasteiger partial charge < -0.3 is 0 Å². The second kappa shape index (κ2) is 12.6. The summed E-state index contributed by atoms with van der Waals surface area (Å²) < 4.78 is 5.18. The van der Waals surface area contributed by atoms with E-state index in [1.807, 2.05) is 40.9 Å². The van der Waals surface area contributed by atoms with Crippen LogP contribution >= 0.6 is 22.7 Å². The molecule has 0 fully saturated rings. The van der Waals surface area contributed by atoms with Crippen LogP contribution in [0.2, 0.25) is 0 Å². The lowest BCUT2D eigenvalue weighted by atomic mass is 9.94. The van der Waals surface area contributed by atoms with Gasteiger partial charge in [-0.05, 0) is 93.7 Å². The van der Waals surface area contributed by atoms with Gasteiger partial charge in [0, 0.05) is 57.0 Å². The third-order valence-corrected chi connectivity index (χ3v) is 12.6. The molecule has 0 saturated heterocycles. The molecule has 0 aliphatic rings. The molecule has 0 atom stereocenters. The zero-order valence-corrected chi connectivity index (χ0v) is 30.5. The fourth-order valence-electron chi connectivity index (χ4n) is 7.58. The smallest absolute Gasteiger partial charge is 0.164 e. The van der Waals surface area contributed by atoms with Gasteiger partial charge in [-0.1, -0.05) is 115 Å². The molecule has 5 heteroatoms. The van der Waals surface area contributed by atoms with Crippen molar-refractivity contribution in [1.82, 2.24) is 15.0 Å². The van der Waals surface area contributed by atoms with Gasteiger partial charge in [0.2, 0.25) is 0 Å². The first kappa shape index (κ1) is 31.0. The first-order chi connectivity index (χ1) is 26.7. The van der Waals surface area contributed by atoms with Crippen molar-refractivity contribution in [2.45, 2.75) is 0 Å². The van der Waals surface area contributed by atoms with Crippen LogP contribution in [0.3, 0.4) is 0 Å². The Morgan fingerprint density at radius 3 is 1.35 bits per heavy atom. The Morgan fingerprint density at radius 1 is 0.259 bits per heavy atom. The number of nitrogens with zero attached hydrogens (tertiary/aromatic N) is 3. The fourth-order valence-corrected chi connectivity index (χ4v) is 9.75. The maximum absolute atomic E-state index is 5.22. The SMILES string of the molecule is c1ccc(-c2nc(-c3cc(-c4ccc5sc6ccccc6c5c4)cc(-c4ccc5sc6ccccc6c5c4)c3)nc(-c3ccc4ccccc4c3)n2)cc1. The lowest BCUT2D eigenvalue weighted by Gasteiger charge is -2.13. The van der Waals surface area contributed by atoms with Gasteiger partial charge in [0.25, 0.3) is 0 Å². The average Bonchev–Trinajstić information content (AvgIpc) is 3.81. The summed E-state index contributed by atoms with van der Waals surface area (Å²) in [4.78, 5) is 15.5. The van der Waals surface area contributed by atoms with E-state index in [2.05, 4.69) is 158 Å². The average molecular weight is 724 g/mol. The molecule has 11 aromatic rings. The highest BCUT2D eigenvalue weighted by Crippen LogP contribution is 2.41. The van der Waals surface area contributed by atoms with Crippen molar-refractivity contribution >= 4 is 73.8 Å². The van der Waals surface area contributed by atoms with Crippen LogP contribution in [0.15, 0.2) is 176 Å². The van der Waals surface area contributed by atoms with Crippen molar-refractivity contribution in [3.8, 4) is 56.4 Å². The highest BCUT2D eigenvalue weighted by Gasteiger charge is 2.17. The molecule has 3 nitrogen and oxygen atoms in total. The quantitative estimate of drug-likeness (QED) is 0.177. The Hall–Kier alpha value is -6.53. The van der Waals surface area contributed by atoms with Crippen LogP contribution in [0.4, 0.5) is 0 Å². The van der Waals surface area contributed by atoms with E-state index in [4.69, 9.17) is 15.0 Å². The number of benzene rings is 8. The Balaban J connectivity index is 1.15. The number of aromatic nitrogens is 3. The minimum Gasteiger partial charge on any atom is -0.208 e. The van der Waals surface area contributed by atoms with E-state index in [0.717, 1.165) is 44.3 Å². The Bertz CT molecular complexity index is 3100. The molecular weight excluding hydrogens is 695 g/mol. The van der Waals surface area contributed by atoms with E-state index in [-0.39, 0.29) is 0 Å². The first-order valence-corrected chi connectivity index (χ1v) is 19.6. The van der Waals surface area contributed by atoms with Crippen LogP contribution in [0.1, 0.15) is 0 Å². The number of rotatable bonds is 5. The predicted molar refractivity (Wildman–Crippen MR) is 230 cm³/mol. The topological polar surface area (TPSA) is 38.7 Å². The van der Waals surface area contributed by atoms with Crippen LogP contribution in [-0.4, -0.2) is 15.0 Å². The van der Waals surface area contributed by atoms with Gasteiger partial charge >= 0.3 is 0 Å². The number of hydrogen-bond acceptors (Lipinski definition) is 5. The summed E-state index contributed by atoms with van der Waals surface area (Å²) in [5, 5.41) is 7.45. The van der Waals surface area contributed by atoms with Crippen molar-refractivity contribution in [2.24, 2.45) is 0 Å². The van der Waals surface area contributed by atoms with Crippen LogP contribution in [-0.2, 0) is 0 Å². The van der Waals surface area contributed by atoms with Gasteiger partial charge in [-0.15, -0.1) is 22.7 Å². The Morgan fingerprint density at radius 2 is 0.722 bits per heavy atom. The molecule has 0 aliphatic heterocycles. The number of hydrogen-bond donors (Lipinski definition) is 0. The normalized spacial score (nSPS) is 11.7. The van der Waals surface area contributed by atoms with E-state index < -0.39 is 0 Å². The monoisotopic (exact) mass is 723 g/mol. The summed E-state index contributed by atoms with van der Waals surface area (Å²) in [6, 6.07) is 62.9. The largest absolute Gasteiger partial charge is 0.208 e. The van der Waals surface area contributed by atoms with Gasteiger partial charge in [0.15, 0.2) is 17.5 Å². The maximum atomic E-state index is 5.22. The third-order valence-electron chi connectivity index (χ3n) is 10.3. The summed E-state index contributed by atoms with van der Waals surface area (Å²) in [5.74, 6) is 1.93. The lowest BCUT2D eigenvalue weighted by Crippen LogP contribution is -2.00. The molecule has 0 aliphatic carbocycles. The molecule has 8 aromatic carbocycles. The highest BCUT2D eigenvalue weighted by molar-refractivity contribution is 7.26. The molecule has 3 aromatic heterocycles. The molecule has 0 N–H and O–H groups in total. The zero-order valence-electron chi connectivity index (χ0n) is 28.9. The summed E-state index contributed by atoms with van der Waals surface area (Å²) in [6.07, 6.45) is 0. The van der Waals surface area contributed by atoms with Crippen LogP contribution < -0.4 is 0 Å². The van der Waals surface area contributed by atoms with Crippen LogP contribution in [0, 0.1) is 0 Å². The van der Waals surface area contributed by atoms with Crippen molar-refractivity contribution in [1.29, 1.82) is 0 Å². The van der Waals surface area contributed by atoms with Crippen molar-refractivity contribution < 1.29 is 0 Å². The van der Waals surface area contributed by atoms with E-state index in [0.29, 0.717) is 17.5 Å². The minimum atomic E-state index is 0.638. The van der Waals surface area contributed by atoms with Crippen LogP contribution in [0.5, 0.6) is 0 Å². The molecule has 0 unspecified atom stereocenters. The van der Waals surface area contributed by atoms with Gasteiger partial charge in [-0.25, -0.2) is 15.0 Å². The second-order valence-electron chi connectivity index (χ2n) is 13.7. The lowest BCUT2D eigenvalue weighted by molar-refractivity contribution is 1.07. The molecule has 0 bridgehead atoms. The summed E-state index contributed by atoms with van der Waals surface area (Å²) in [7, 11) is 0. The molecule has 0 spiro atoms. The van der Waals surface area contributed by atoms with E-state index in [9.17, 15) is 0 Å². The molecule has 0 radical (unpaired) electrons. The van der Waals surface area contributed by atoms with E-state index >= 15 is 0 Å². The van der Waals surface area contributed by atoms with Gasteiger partial charge in [-0.3, -0.25) is 0 Å². The minimum absolute atomic E-state index is 0.638. The summed E-state index contributed by atoms with van der Waals surface area (Å²) >= 11 is 3.68. The fraction of sp³-hybridized carbons (Fsp3) is 0. The van der Waals surface area contributed by atoms with Crippen molar-refractivity contribution in [3.63, 3.8) is 0 Å². The van der Waals surface area contributed by atoms with Crippen LogP contribution in [0.25, 0.3) is 108 Å². The number of fused-ring (bicyclic) bond motifs is 7. The zero-order chi connectivity index (χ0) is 35.6. The summed E-state index contributed by atoms with van der Waals surface area (Å²) in [6.45, 7) is 0. The van der Waals surface area contributed by atoms with E-state index in [1.165, 1.54) is 45.7 Å². The van der Waals surface area contributed by atoms with Crippen molar-refractivity contribution in [3.05, 3.63) is 176 Å². The highest BCUT2D eigenvalue weighted by atomic mass is 32.1. The Labute approximate surface area is 319 Å². The second-order valence-corrected chi connectivity index (χ2v) is 15.8. The first-order valence-electron chi connectivity index (χ1n) is 18.0. The van der Waals surface area contributed by atoms with Gasteiger partial charge in [0.1, 0.15) is 0 Å². The molecule has 3 heterocycles. The van der Waals surface area contributed by atoms with Gasteiger partial charge in [0.05, 0.1) is 0 Å². The maximum Gasteiger partial charge on any atom is 0.164 e. The molecule has 0 amide bonds. The Kier molecular flexibility index (Phi) is 7.22. The third kappa shape index (κ3) is 5.36. The molecule has 252 valence electrons. The molecule has 11 rings (SSSR count). The predicted octanol–water partition coefficient (Wildman–Crippen LogP) is 14.1.